The average molecular weight is 237 g/mol. The summed E-state index contributed by atoms with van der Waals surface area (Å²) in [4.78, 5) is 11.7. The van der Waals surface area contributed by atoms with Crippen LogP contribution < -0.4 is 5.73 Å². The van der Waals surface area contributed by atoms with Crippen LogP contribution in [0.15, 0.2) is 29.2 Å². The third-order valence-electron chi connectivity index (χ3n) is 2.72. The smallest absolute Gasteiger partial charge is 0.227 e. The van der Waals surface area contributed by atoms with Gasteiger partial charge < -0.3 is 5.73 Å². The molecule has 0 atom stereocenters. The Morgan fingerprint density at radius 1 is 1.25 bits per heavy atom. The molecular weight excluding hydrogens is 218 g/mol. The van der Waals surface area contributed by atoms with Crippen LogP contribution in [0.1, 0.15) is 38.2 Å². The summed E-state index contributed by atoms with van der Waals surface area (Å²) in [7, 11) is 0. The summed E-state index contributed by atoms with van der Waals surface area (Å²) in [5, 5.41) is 0. The molecule has 1 aromatic rings. The van der Waals surface area contributed by atoms with E-state index in [9.17, 15) is 4.79 Å². The Labute approximate surface area is 102 Å². The van der Waals surface area contributed by atoms with E-state index >= 15 is 0 Å². The predicted octanol–water partition coefficient (Wildman–Crippen LogP) is 3.17. The van der Waals surface area contributed by atoms with Gasteiger partial charge in [0.25, 0.3) is 0 Å². The zero-order chi connectivity index (χ0) is 12.0. The maximum atomic E-state index is 10.6. The second kappa shape index (κ2) is 6.59. The normalized spacial score (nSPS) is 10.7. The van der Waals surface area contributed by atoms with Crippen molar-refractivity contribution in [1.29, 1.82) is 0 Å². The highest BCUT2D eigenvalue weighted by Gasteiger charge is 2.06. The van der Waals surface area contributed by atoms with E-state index in [1.165, 1.54) is 30.2 Å². The minimum atomic E-state index is -0.269. The molecule has 0 radical (unpaired) electrons. The standard InChI is InChI=1S/C13H19NOS/c1-3-10(4-2)11-5-7-12(8-6-11)16-9-13(14)15/h5-8,10H,3-4,9H2,1-2H3,(H2,14,15). The van der Waals surface area contributed by atoms with Crippen molar-refractivity contribution in [2.24, 2.45) is 5.73 Å². The van der Waals surface area contributed by atoms with Crippen molar-refractivity contribution in [2.75, 3.05) is 5.75 Å². The number of rotatable bonds is 6. The predicted molar refractivity (Wildman–Crippen MR) is 69.7 cm³/mol. The molecule has 1 amide bonds. The number of primary amides is 1. The van der Waals surface area contributed by atoms with Crippen molar-refractivity contribution < 1.29 is 4.79 Å². The van der Waals surface area contributed by atoms with E-state index in [2.05, 4.69) is 38.1 Å². The number of benzene rings is 1. The van der Waals surface area contributed by atoms with Gasteiger partial charge in [0.05, 0.1) is 5.75 Å². The highest BCUT2D eigenvalue weighted by Crippen LogP contribution is 2.25. The molecule has 88 valence electrons. The summed E-state index contributed by atoms with van der Waals surface area (Å²) in [6, 6.07) is 8.45. The highest BCUT2D eigenvalue weighted by atomic mass is 32.2. The lowest BCUT2D eigenvalue weighted by Gasteiger charge is -2.12. The van der Waals surface area contributed by atoms with E-state index in [1.807, 2.05) is 0 Å². The molecule has 0 aliphatic rings. The van der Waals surface area contributed by atoms with Crippen LogP contribution in [0.25, 0.3) is 0 Å². The molecule has 0 saturated carbocycles. The van der Waals surface area contributed by atoms with Gasteiger partial charge in [-0.2, -0.15) is 0 Å². The monoisotopic (exact) mass is 237 g/mol. The molecule has 1 rings (SSSR count). The fraction of sp³-hybridized carbons (Fsp3) is 0.462. The first-order valence-corrected chi connectivity index (χ1v) is 6.67. The van der Waals surface area contributed by atoms with Crippen LogP contribution in [0.5, 0.6) is 0 Å². The summed E-state index contributed by atoms with van der Waals surface area (Å²) in [5.41, 5.74) is 6.48. The molecule has 0 aromatic heterocycles. The van der Waals surface area contributed by atoms with Gasteiger partial charge in [0.15, 0.2) is 0 Å². The molecule has 0 aliphatic heterocycles. The highest BCUT2D eigenvalue weighted by molar-refractivity contribution is 8.00. The lowest BCUT2D eigenvalue weighted by Crippen LogP contribution is -2.12. The summed E-state index contributed by atoms with van der Waals surface area (Å²) in [5.74, 6) is 0.730. The number of carbonyl (C=O) groups is 1. The third-order valence-corrected chi connectivity index (χ3v) is 3.75. The van der Waals surface area contributed by atoms with Gasteiger partial charge >= 0.3 is 0 Å². The third kappa shape index (κ3) is 3.89. The van der Waals surface area contributed by atoms with Crippen molar-refractivity contribution in [2.45, 2.75) is 37.5 Å². The van der Waals surface area contributed by atoms with E-state index in [0.29, 0.717) is 11.7 Å². The maximum Gasteiger partial charge on any atom is 0.227 e. The number of nitrogens with two attached hydrogens (primary N) is 1. The second-order valence-electron chi connectivity index (χ2n) is 3.84. The van der Waals surface area contributed by atoms with Crippen molar-refractivity contribution in [1.82, 2.24) is 0 Å². The largest absolute Gasteiger partial charge is 0.369 e. The van der Waals surface area contributed by atoms with Crippen molar-refractivity contribution >= 4 is 17.7 Å². The number of thioether (sulfide) groups is 1. The van der Waals surface area contributed by atoms with Gasteiger partial charge in [0, 0.05) is 4.90 Å². The second-order valence-corrected chi connectivity index (χ2v) is 4.89. The Morgan fingerprint density at radius 3 is 2.25 bits per heavy atom. The van der Waals surface area contributed by atoms with Gasteiger partial charge in [0.1, 0.15) is 0 Å². The lowest BCUT2D eigenvalue weighted by atomic mass is 9.94. The quantitative estimate of drug-likeness (QED) is 0.772. The molecule has 0 spiro atoms. The number of hydrogen-bond donors (Lipinski definition) is 1. The van der Waals surface area contributed by atoms with Gasteiger partial charge in [-0.1, -0.05) is 26.0 Å². The Kier molecular flexibility index (Phi) is 5.39. The van der Waals surface area contributed by atoms with E-state index in [4.69, 9.17) is 5.73 Å². The van der Waals surface area contributed by atoms with Crippen LogP contribution in [0.2, 0.25) is 0 Å². The Bertz CT molecular complexity index is 330. The Balaban J connectivity index is 2.63. The molecule has 2 N–H and O–H groups in total. The molecule has 3 heteroatoms. The summed E-state index contributed by atoms with van der Waals surface area (Å²) in [6.07, 6.45) is 2.34. The van der Waals surface area contributed by atoms with E-state index in [1.54, 1.807) is 0 Å². The molecule has 1 aromatic carbocycles. The molecule has 0 bridgehead atoms. The van der Waals surface area contributed by atoms with Crippen LogP contribution in [0.3, 0.4) is 0 Å². The van der Waals surface area contributed by atoms with Crippen LogP contribution in [0, 0.1) is 0 Å². The van der Waals surface area contributed by atoms with Gasteiger partial charge in [-0.25, -0.2) is 0 Å². The van der Waals surface area contributed by atoms with Crippen molar-refractivity contribution in [3.8, 4) is 0 Å². The molecular formula is C13H19NOS. The van der Waals surface area contributed by atoms with Crippen LogP contribution >= 0.6 is 11.8 Å². The van der Waals surface area contributed by atoms with Gasteiger partial charge in [-0.05, 0) is 36.5 Å². The lowest BCUT2D eigenvalue weighted by molar-refractivity contribution is -0.115. The van der Waals surface area contributed by atoms with Crippen LogP contribution in [-0.2, 0) is 4.79 Å². The number of carbonyl (C=O) groups excluding carboxylic acids is 1. The van der Waals surface area contributed by atoms with Gasteiger partial charge in [-0.3, -0.25) is 4.79 Å². The topological polar surface area (TPSA) is 43.1 Å². The zero-order valence-electron chi connectivity index (χ0n) is 9.90. The zero-order valence-corrected chi connectivity index (χ0v) is 10.7. The first kappa shape index (κ1) is 13.1. The SMILES string of the molecule is CCC(CC)c1ccc(SCC(N)=O)cc1. The molecule has 2 nitrogen and oxygen atoms in total. The summed E-state index contributed by atoms with van der Waals surface area (Å²) in [6.45, 7) is 4.42. The van der Waals surface area contributed by atoms with Gasteiger partial charge in [-0.15, -0.1) is 11.8 Å². The molecule has 16 heavy (non-hydrogen) atoms. The van der Waals surface area contributed by atoms with E-state index in [-0.39, 0.29) is 5.91 Å². The molecule has 0 aliphatic carbocycles. The average Bonchev–Trinajstić information content (AvgIpc) is 2.29. The fourth-order valence-corrected chi connectivity index (χ4v) is 2.39. The first-order chi connectivity index (χ1) is 7.67. The van der Waals surface area contributed by atoms with E-state index in [0.717, 1.165) is 4.90 Å². The Hall–Kier alpha value is -0.960. The van der Waals surface area contributed by atoms with Crippen LogP contribution in [-0.4, -0.2) is 11.7 Å². The Morgan fingerprint density at radius 2 is 1.81 bits per heavy atom. The summed E-state index contributed by atoms with van der Waals surface area (Å²) >= 11 is 1.49. The molecule has 0 fully saturated rings. The van der Waals surface area contributed by atoms with Crippen molar-refractivity contribution in [3.63, 3.8) is 0 Å². The molecule has 0 heterocycles. The fourth-order valence-electron chi connectivity index (χ4n) is 1.75. The minimum absolute atomic E-state index is 0.269. The number of hydrogen-bond acceptors (Lipinski definition) is 2. The first-order valence-electron chi connectivity index (χ1n) is 5.68. The van der Waals surface area contributed by atoms with Crippen molar-refractivity contribution in [3.05, 3.63) is 29.8 Å². The number of amides is 1. The van der Waals surface area contributed by atoms with Crippen LogP contribution in [0.4, 0.5) is 0 Å². The summed E-state index contributed by atoms with van der Waals surface area (Å²) < 4.78 is 0. The molecule has 0 saturated heterocycles. The minimum Gasteiger partial charge on any atom is -0.369 e. The van der Waals surface area contributed by atoms with Gasteiger partial charge in [0.2, 0.25) is 5.91 Å². The molecule has 0 unspecified atom stereocenters. The van der Waals surface area contributed by atoms with E-state index < -0.39 is 0 Å². The maximum absolute atomic E-state index is 10.6.